The smallest absolute Gasteiger partial charge is 0.0671 e. The molecule has 5 heteroatoms. The van der Waals surface area contributed by atoms with Crippen molar-refractivity contribution in [1.82, 2.24) is 10.2 Å². The molecule has 0 amide bonds. The number of aromatic nitrogens is 2. The number of anilines is 1. The summed E-state index contributed by atoms with van der Waals surface area (Å²) >= 11 is 3.48. The number of nitrogens with zero attached hydrogens (tertiary/aromatic N) is 1. The Bertz CT molecular complexity index is 514. The molecule has 1 aliphatic heterocycles. The minimum atomic E-state index is 0.759. The number of hydrogen-bond donors (Lipinski definition) is 2. The molecule has 3 rings (SSSR count). The Kier molecular flexibility index (Phi) is 4.99. The van der Waals surface area contributed by atoms with Gasteiger partial charge >= 0.3 is 0 Å². The average molecular weight is 324 g/mol. The number of benzene rings is 1. The molecule has 1 aliphatic rings. The van der Waals surface area contributed by atoms with Crippen molar-refractivity contribution in [3.8, 4) is 11.3 Å². The predicted octanol–water partition coefficient (Wildman–Crippen LogP) is 3.53. The van der Waals surface area contributed by atoms with Crippen LogP contribution in [0.3, 0.4) is 0 Å². The van der Waals surface area contributed by atoms with E-state index in [9.17, 15) is 0 Å². The van der Waals surface area contributed by atoms with Crippen LogP contribution in [0.25, 0.3) is 11.3 Å². The first-order valence-electron chi connectivity index (χ1n) is 6.31. The summed E-state index contributed by atoms with van der Waals surface area (Å²) in [6, 6.07) is 5.84. The minimum absolute atomic E-state index is 0.759. The van der Waals surface area contributed by atoms with Crippen LogP contribution in [0.2, 0.25) is 0 Å². The van der Waals surface area contributed by atoms with Crippen LogP contribution in [-0.2, 0) is 4.74 Å². The zero-order valence-corrected chi connectivity index (χ0v) is 12.5. The Morgan fingerprint density at radius 3 is 2.58 bits per heavy atom. The summed E-state index contributed by atoms with van der Waals surface area (Å²) < 4.78 is 6.00. The number of aromatic amines is 1. The van der Waals surface area contributed by atoms with Gasteiger partial charge in [-0.25, -0.2) is 0 Å². The third-order valence-corrected chi connectivity index (χ3v) is 3.80. The fourth-order valence-corrected chi connectivity index (χ4v) is 2.20. The van der Waals surface area contributed by atoms with Crippen molar-refractivity contribution in [3.63, 3.8) is 0 Å². The molecule has 0 unspecified atom stereocenters. The lowest BCUT2D eigenvalue weighted by Gasteiger charge is -2.06. The van der Waals surface area contributed by atoms with E-state index in [4.69, 9.17) is 10.5 Å². The molecule has 2 heterocycles. The summed E-state index contributed by atoms with van der Waals surface area (Å²) in [7, 11) is 0. The zero-order valence-electron chi connectivity index (χ0n) is 10.9. The Morgan fingerprint density at radius 2 is 2.05 bits per heavy atom. The van der Waals surface area contributed by atoms with Crippen LogP contribution in [0.5, 0.6) is 0 Å². The van der Waals surface area contributed by atoms with Gasteiger partial charge in [0.15, 0.2) is 0 Å². The lowest BCUT2D eigenvalue weighted by molar-refractivity contribution is 0.198. The highest BCUT2D eigenvalue weighted by Gasteiger charge is 2.06. The molecule has 0 atom stereocenters. The summed E-state index contributed by atoms with van der Waals surface area (Å²) in [5.41, 5.74) is 9.71. The van der Waals surface area contributed by atoms with Gasteiger partial charge in [0.2, 0.25) is 0 Å². The number of ether oxygens (including phenoxy) is 1. The molecule has 1 aromatic carbocycles. The van der Waals surface area contributed by atoms with Crippen LogP contribution in [0, 0.1) is 6.92 Å². The fourth-order valence-electron chi connectivity index (χ4n) is 1.85. The van der Waals surface area contributed by atoms with Crippen molar-refractivity contribution >= 4 is 21.6 Å². The SMILES string of the molecule is C1CCOC1.Cc1cc(N)c(-c2ccn[nH]2)cc1Br. The monoisotopic (exact) mass is 323 g/mol. The first kappa shape index (κ1) is 14.1. The third kappa shape index (κ3) is 3.81. The lowest BCUT2D eigenvalue weighted by Crippen LogP contribution is -1.92. The van der Waals surface area contributed by atoms with E-state index >= 15 is 0 Å². The quantitative estimate of drug-likeness (QED) is 0.789. The van der Waals surface area contributed by atoms with E-state index in [1.807, 2.05) is 25.1 Å². The van der Waals surface area contributed by atoms with Crippen molar-refractivity contribution in [2.24, 2.45) is 0 Å². The van der Waals surface area contributed by atoms with Crippen molar-refractivity contribution in [2.45, 2.75) is 19.8 Å². The van der Waals surface area contributed by atoms with Gasteiger partial charge in [0.05, 0.1) is 5.69 Å². The summed E-state index contributed by atoms with van der Waals surface area (Å²) in [6.45, 7) is 4.01. The number of aryl methyl sites for hydroxylation is 1. The number of H-pyrrole nitrogens is 1. The normalized spacial score (nSPS) is 14.0. The van der Waals surface area contributed by atoms with Gasteiger partial charge < -0.3 is 10.5 Å². The topological polar surface area (TPSA) is 63.9 Å². The van der Waals surface area contributed by atoms with Gasteiger partial charge in [-0.3, -0.25) is 5.10 Å². The van der Waals surface area contributed by atoms with Crippen LogP contribution in [-0.4, -0.2) is 23.4 Å². The Balaban J connectivity index is 0.000000224. The van der Waals surface area contributed by atoms with E-state index in [2.05, 4.69) is 26.1 Å². The van der Waals surface area contributed by atoms with Crippen LogP contribution < -0.4 is 5.73 Å². The van der Waals surface area contributed by atoms with Crippen LogP contribution in [0.4, 0.5) is 5.69 Å². The van der Waals surface area contributed by atoms with Crippen LogP contribution in [0.1, 0.15) is 18.4 Å². The molecule has 3 N–H and O–H groups in total. The maximum atomic E-state index is 5.91. The van der Waals surface area contributed by atoms with Gasteiger partial charge in [-0.15, -0.1) is 0 Å². The number of nitrogens with two attached hydrogens (primary N) is 1. The first-order chi connectivity index (χ1) is 9.18. The summed E-state index contributed by atoms with van der Waals surface area (Å²) in [5.74, 6) is 0. The van der Waals surface area contributed by atoms with Gasteiger partial charge in [-0.05, 0) is 43.5 Å². The van der Waals surface area contributed by atoms with Crippen molar-refractivity contribution < 1.29 is 4.74 Å². The predicted molar refractivity (Wildman–Crippen MR) is 80.9 cm³/mol. The van der Waals surface area contributed by atoms with E-state index in [0.717, 1.165) is 40.2 Å². The maximum absolute atomic E-state index is 5.91. The van der Waals surface area contributed by atoms with Gasteiger partial charge in [-0.1, -0.05) is 15.9 Å². The number of nitrogen functional groups attached to an aromatic ring is 1. The molecule has 0 bridgehead atoms. The lowest BCUT2D eigenvalue weighted by atomic mass is 10.1. The fraction of sp³-hybridized carbons (Fsp3) is 0.357. The standard InChI is InChI=1S/C10H10BrN3.C4H8O/c1-6-4-9(12)7(5-8(6)11)10-2-3-13-14-10;1-2-4-5-3-1/h2-5H,12H2,1H3,(H,13,14);1-4H2. The van der Waals surface area contributed by atoms with Crippen molar-refractivity contribution in [3.05, 3.63) is 34.4 Å². The number of nitrogens with one attached hydrogen (secondary N) is 1. The van der Waals surface area contributed by atoms with E-state index in [0.29, 0.717) is 0 Å². The molecule has 102 valence electrons. The Labute approximate surface area is 121 Å². The molecule has 4 nitrogen and oxygen atoms in total. The highest BCUT2D eigenvalue weighted by atomic mass is 79.9. The van der Waals surface area contributed by atoms with Crippen LogP contribution in [0.15, 0.2) is 28.9 Å². The van der Waals surface area contributed by atoms with Gasteiger partial charge in [0.25, 0.3) is 0 Å². The second kappa shape index (κ2) is 6.73. The zero-order chi connectivity index (χ0) is 13.7. The van der Waals surface area contributed by atoms with Crippen molar-refractivity contribution in [1.29, 1.82) is 0 Å². The van der Waals surface area contributed by atoms with Gasteiger partial charge in [-0.2, -0.15) is 5.10 Å². The second-order valence-corrected chi connectivity index (χ2v) is 5.33. The molecule has 1 aromatic heterocycles. The van der Waals surface area contributed by atoms with E-state index in [-0.39, 0.29) is 0 Å². The molecule has 19 heavy (non-hydrogen) atoms. The molecule has 1 fully saturated rings. The van der Waals surface area contributed by atoms with E-state index in [1.54, 1.807) is 6.20 Å². The number of rotatable bonds is 1. The summed E-state index contributed by atoms with van der Waals surface area (Å²) in [5, 5.41) is 6.79. The molecule has 0 radical (unpaired) electrons. The highest BCUT2D eigenvalue weighted by Crippen LogP contribution is 2.29. The molecular formula is C14H18BrN3O. The minimum Gasteiger partial charge on any atom is -0.398 e. The van der Waals surface area contributed by atoms with Gasteiger partial charge in [0, 0.05) is 35.1 Å². The average Bonchev–Trinajstić information content (AvgIpc) is 3.07. The largest absolute Gasteiger partial charge is 0.398 e. The van der Waals surface area contributed by atoms with Crippen LogP contribution >= 0.6 is 15.9 Å². The highest BCUT2D eigenvalue weighted by molar-refractivity contribution is 9.10. The Morgan fingerprint density at radius 1 is 1.32 bits per heavy atom. The summed E-state index contributed by atoms with van der Waals surface area (Å²) in [6.07, 6.45) is 4.27. The molecule has 0 saturated carbocycles. The third-order valence-electron chi connectivity index (χ3n) is 2.95. The van der Waals surface area contributed by atoms with Gasteiger partial charge in [0.1, 0.15) is 0 Å². The maximum Gasteiger partial charge on any atom is 0.0671 e. The summed E-state index contributed by atoms with van der Waals surface area (Å²) in [4.78, 5) is 0. The van der Waals surface area contributed by atoms with Crippen molar-refractivity contribution in [2.75, 3.05) is 18.9 Å². The molecular weight excluding hydrogens is 306 g/mol. The first-order valence-corrected chi connectivity index (χ1v) is 7.11. The number of hydrogen-bond acceptors (Lipinski definition) is 3. The van der Waals surface area contributed by atoms with E-state index < -0.39 is 0 Å². The Hall–Kier alpha value is -1.33. The molecule has 0 spiro atoms. The molecule has 0 aliphatic carbocycles. The number of halogens is 1. The molecule has 2 aromatic rings. The molecule has 1 saturated heterocycles. The second-order valence-electron chi connectivity index (χ2n) is 4.48. The van der Waals surface area contributed by atoms with E-state index in [1.165, 1.54) is 12.8 Å².